The van der Waals surface area contributed by atoms with Crippen LogP contribution in [0.3, 0.4) is 0 Å². The molecule has 1 aromatic rings. The normalized spacial score (nSPS) is 31.8. The second kappa shape index (κ2) is 8.34. The number of benzene rings is 1. The zero-order chi connectivity index (χ0) is 22.4. The maximum atomic E-state index is 13.1. The second-order valence-corrected chi connectivity index (χ2v) is 13.4. The lowest BCUT2D eigenvalue weighted by molar-refractivity contribution is -0.123. The van der Waals surface area contributed by atoms with E-state index in [1.165, 1.54) is 42.8 Å². The van der Waals surface area contributed by atoms with Crippen LogP contribution in [0.4, 0.5) is 5.69 Å². The Morgan fingerprint density at radius 3 is 2.39 bits per heavy atom. The summed E-state index contributed by atoms with van der Waals surface area (Å²) in [6, 6.07) is 4.68. The van der Waals surface area contributed by atoms with Crippen LogP contribution in [0.15, 0.2) is 23.1 Å². The van der Waals surface area contributed by atoms with Gasteiger partial charge in [0.2, 0.25) is 15.9 Å². The van der Waals surface area contributed by atoms with Crippen molar-refractivity contribution in [1.29, 1.82) is 0 Å². The molecule has 4 fully saturated rings. The largest absolute Gasteiger partial charge is 0.495 e. The first kappa shape index (κ1) is 23.1. The van der Waals surface area contributed by atoms with Crippen LogP contribution in [-0.4, -0.2) is 43.2 Å². The molecule has 2 unspecified atom stereocenters. The van der Waals surface area contributed by atoms with Crippen LogP contribution in [-0.2, 0) is 14.8 Å². The van der Waals surface area contributed by atoms with Crippen LogP contribution >= 0.6 is 15.9 Å². The number of ether oxygens (including phenoxy) is 1. The molecule has 0 aromatic heterocycles. The van der Waals surface area contributed by atoms with Crippen molar-refractivity contribution in [2.24, 2.45) is 17.3 Å². The molecule has 8 heteroatoms. The summed E-state index contributed by atoms with van der Waals surface area (Å²) in [6.45, 7) is 4.42. The molecule has 4 aliphatic carbocycles. The monoisotopic (exact) mass is 512 g/mol. The minimum atomic E-state index is -3.62. The molecule has 1 aromatic carbocycles. The summed E-state index contributed by atoms with van der Waals surface area (Å²) in [5.41, 5.74) is 0.467. The molecule has 4 saturated carbocycles. The molecule has 4 aliphatic rings. The number of rotatable bonds is 8. The number of halogens is 1. The van der Waals surface area contributed by atoms with Crippen molar-refractivity contribution in [2.45, 2.75) is 68.0 Å². The summed E-state index contributed by atoms with van der Waals surface area (Å²) in [4.78, 5) is 13.3. The number of nitrogens with zero attached hydrogens (tertiary/aromatic N) is 1. The summed E-state index contributed by atoms with van der Waals surface area (Å²) >= 11 is 4.01. The Morgan fingerprint density at radius 1 is 1.19 bits per heavy atom. The molecule has 0 radical (unpaired) electrons. The summed E-state index contributed by atoms with van der Waals surface area (Å²) in [5.74, 6) is 1.83. The zero-order valence-corrected chi connectivity index (χ0v) is 21.0. The van der Waals surface area contributed by atoms with Crippen molar-refractivity contribution in [1.82, 2.24) is 4.31 Å². The van der Waals surface area contributed by atoms with Crippen LogP contribution < -0.4 is 10.1 Å². The summed E-state index contributed by atoms with van der Waals surface area (Å²) in [5, 5.41) is 2.97. The number of nitrogens with one attached hydrogen (secondary N) is 1. The predicted molar refractivity (Wildman–Crippen MR) is 125 cm³/mol. The van der Waals surface area contributed by atoms with E-state index in [0.29, 0.717) is 42.8 Å². The van der Waals surface area contributed by atoms with Gasteiger partial charge in [0.25, 0.3) is 0 Å². The number of hydrogen-bond donors (Lipinski definition) is 1. The van der Waals surface area contributed by atoms with Gasteiger partial charge < -0.3 is 10.1 Å². The molecule has 0 saturated heterocycles. The van der Waals surface area contributed by atoms with Crippen LogP contribution in [0.5, 0.6) is 5.75 Å². The Hall–Kier alpha value is -1.12. The van der Waals surface area contributed by atoms with Gasteiger partial charge in [-0.2, -0.15) is 4.31 Å². The van der Waals surface area contributed by atoms with Crippen LogP contribution in [0.2, 0.25) is 0 Å². The molecule has 1 N–H and O–H groups in total. The third-order valence-corrected chi connectivity index (χ3v) is 10.4. The average molecular weight is 513 g/mol. The van der Waals surface area contributed by atoms with E-state index in [0.717, 1.165) is 19.3 Å². The van der Waals surface area contributed by atoms with Gasteiger partial charge in [0.05, 0.1) is 17.7 Å². The first-order valence-corrected chi connectivity index (χ1v) is 13.5. The average Bonchev–Trinajstić information content (AvgIpc) is 2.66. The van der Waals surface area contributed by atoms with E-state index < -0.39 is 10.0 Å². The van der Waals surface area contributed by atoms with E-state index in [1.54, 1.807) is 6.07 Å². The molecule has 5 rings (SSSR count). The van der Waals surface area contributed by atoms with Gasteiger partial charge in [-0.05, 0) is 74.0 Å². The van der Waals surface area contributed by atoms with Crippen molar-refractivity contribution in [3.63, 3.8) is 0 Å². The number of carbonyl (C=O) groups is 1. The number of hydrogen-bond acceptors (Lipinski definition) is 4. The molecule has 1 amide bonds. The number of sulfonamides is 1. The van der Waals surface area contributed by atoms with Crippen molar-refractivity contribution in [2.75, 3.05) is 25.5 Å². The quantitative estimate of drug-likeness (QED) is 0.508. The molecule has 0 aliphatic heterocycles. The maximum Gasteiger partial charge on any atom is 0.243 e. The molecule has 4 bridgehead atoms. The Labute approximate surface area is 194 Å². The van der Waals surface area contributed by atoms with Gasteiger partial charge in [0.1, 0.15) is 5.75 Å². The number of carbonyl (C=O) groups excluding carboxylic acids is 1. The van der Waals surface area contributed by atoms with Crippen LogP contribution in [0.25, 0.3) is 0 Å². The molecular weight excluding hydrogens is 480 g/mol. The lowest BCUT2D eigenvalue weighted by atomic mass is 9.48. The molecule has 6 nitrogen and oxygen atoms in total. The molecule has 172 valence electrons. The highest BCUT2D eigenvalue weighted by Crippen LogP contribution is 2.65. The predicted octanol–water partition coefficient (Wildman–Crippen LogP) is 4.79. The van der Waals surface area contributed by atoms with E-state index in [9.17, 15) is 13.2 Å². The standard InChI is InChI=1S/C23H33BrN2O4S/c1-4-26(5-2)31(28,29)18-6-7-20(30-3)19(9-18)25-21(27)14-22-10-16-8-17(11-22)13-23(24,12-16)15-22/h6-7,9,16-17H,4-5,8,10-15H2,1-3H3,(H,25,27). The SMILES string of the molecule is CCN(CC)S(=O)(=O)c1ccc(OC)c(NC(=O)CC23CC4CC(CC(Br)(C4)C2)C3)c1. The van der Waals surface area contributed by atoms with E-state index in [4.69, 9.17) is 4.74 Å². The van der Waals surface area contributed by atoms with Crippen molar-refractivity contribution in [3.05, 3.63) is 18.2 Å². The number of alkyl halides is 1. The summed E-state index contributed by atoms with van der Waals surface area (Å²) in [7, 11) is -2.09. The Bertz CT molecular complexity index is 946. The maximum absolute atomic E-state index is 13.1. The fourth-order valence-corrected chi connectivity index (χ4v) is 9.73. The van der Waals surface area contributed by atoms with Gasteiger partial charge in [-0.15, -0.1) is 0 Å². The van der Waals surface area contributed by atoms with E-state index in [2.05, 4.69) is 21.2 Å². The summed E-state index contributed by atoms with van der Waals surface area (Å²) < 4.78 is 32.9. The molecule has 31 heavy (non-hydrogen) atoms. The highest BCUT2D eigenvalue weighted by atomic mass is 79.9. The fourth-order valence-electron chi connectivity index (χ4n) is 6.74. The van der Waals surface area contributed by atoms with Crippen molar-refractivity contribution >= 4 is 37.5 Å². The van der Waals surface area contributed by atoms with Gasteiger partial charge in [-0.1, -0.05) is 29.8 Å². The number of anilines is 1. The Balaban J connectivity index is 1.54. The molecule has 0 heterocycles. The van der Waals surface area contributed by atoms with Crippen molar-refractivity contribution in [3.8, 4) is 5.75 Å². The highest BCUT2D eigenvalue weighted by molar-refractivity contribution is 9.10. The van der Waals surface area contributed by atoms with E-state index in [1.807, 2.05) is 13.8 Å². The van der Waals surface area contributed by atoms with E-state index >= 15 is 0 Å². The third kappa shape index (κ3) is 4.40. The van der Waals surface area contributed by atoms with Gasteiger partial charge >= 0.3 is 0 Å². The van der Waals surface area contributed by atoms with Gasteiger partial charge in [-0.3, -0.25) is 4.79 Å². The molecule has 0 spiro atoms. The van der Waals surface area contributed by atoms with E-state index in [-0.39, 0.29) is 20.5 Å². The third-order valence-electron chi connectivity index (χ3n) is 7.43. The lowest BCUT2D eigenvalue weighted by Gasteiger charge is -2.60. The summed E-state index contributed by atoms with van der Waals surface area (Å²) in [6.07, 6.45) is 7.53. The zero-order valence-electron chi connectivity index (χ0n) is 18.6. The van der Waals surface area contributed by atoms with Crippen LogP contribution in [0, 0.1) is 17.3 Å². The smallest absolute Gasteiger partial charge is 0.243 e. The van der Waals surface area contributed by atoms with Crippen molar-refractivity contribution < 1.29 is 17.9 Å². The van der Waals surface area contributed by atoms with Gasteiger partial charge in [-0.25, -0.2) is 8.42 Å². The minimum absolute atomic E-state index is 0.0514. The highest BCUT2D eigenvalue weighted by Gasteiger charge is 2.57. The first-order chi connectivity index (χ1) is 14.6. The molecule has 2 atom stereocenters. The van der Waals surface area contributed by atoms with Crippen LogP contribution in [0.1, 0.15) is 58.8 Å². The number of methoxy groups -OCH3 is 1. The number of amides is 1. The lowest BCUT2D eigenvalue weighted by Crippen LogP contribution is -2.53. The fraction of sp³-hybridized carbons (Fsp3) is 0.696. The Morgan fingerprint density at radius 2 is 1.84 bits per heavy atom. The minimum Gasteiger partial charge on any atom is -0.495 e. The van der Waals surface area contributed by atoms with Gasteiger partial charge in [0, 0.05) is 23.8 Å². The molecular formula is C23H33BrN2O4S. The first-order valence-electron chi connectivity index (χ1n) is 11.3. The topological polar surface area (TPSA) is 75.7 Å². The second-order valence-electron chi connectivity index (χ2n) is 9.79. The Kier molecular flexibility index (Phi) is 6.20. The van der Waals surface area contributed by atoms with Gasteiger partial charge in [0.15, 0.2) is 0 Å².